The third kappa shape index (κ3) is 5.79. The highest BCUT2D eigenvalue weighted by atomic mass is 79.9. The fourth-order valence-electron chi connectivity index (χ4n) is 2.65. The first-order chi connectivity index (χ1) is 14.3. The van der Waals surface area contributed by atoms with E-state index in [2.05, 4.69) is 31.8 Å². The number of ether oxygens (including phenoxy) is 2. The highest BCUT2D eigenvalue weighted by Gasteiger charge is 2.25. The van der Waals surface area contributed by atoms with E-state index in [1.807, 2.05) is 0 Å². The Hall–Kier alpha value is -2.94. The molecule has 7 nitrogen and oxygen atoms in total. The van der Waals surface area contributed by atoms with Crippen LogP contribution in [0.4, 0.5) is 4.39 Å². The van der Waals surface area contributed by atoms with Crippen LogP contribution in [-0.2, 0) is 4.79 Å². The standard InChI is InChI=1S/C21H23BrFN3O4/c1-12(2)18(25-20(27)14-7-5-6-8-16(14)23)21(28)26-24-11-13-9-15(22)19(30-4)17(10-13)29-3/h5-12,18H,1-4H3,(H,25,27)(H,26,28). The van der Waals surface area contributed by atoms with Crippen LogP contribution in [0.2, 0.25) is 0 Å². The predicted octanol–water partition coefficient (Wildman–Crippen LogP) is 3.51. The van der Waals surface area contributed by atoms with Gasteiger partial charge in [0, 0.05) is 0 Å². The van der Waals surface area contributed by atoms with Gasteiger partial charge in [-0.25, -0.2) is 9.82 Å². The van der Waals surface area contributed by atoms with Crippen LogP contribution >= 0.6 is 15.9 Å². The Kier molecular flexibility index (Phi) is 8.35. The van der Waals surface area contributed by atoms with E-state index in [1.165, 1.54) is 38.6 Å². The molecule has 0 bridgehead atoms. The fraction of sp³-hybridized carbons (Fsp3) is 0.286. The Morgan fingerprint density at radius 2 is 1.87 bits per heavy atom. The largest absolute Gasteiger partial charge is 0.493 e. The molecule has 0 aromatic heterocycles. The molecule has 0 aliphatic heterocycles. The lowest BCUT2D eigenvalue weighted by Gasteiger charge is -2.20. The van der Waals surface area contributed by atoms with Gasteiger partial charge in [0.25, 0.3) is 11.8 Å². The Morgan fingerprint density at radius 3 is 2.47 bits per heavy atom. The lowest BCUT2D eigenvalue weighted by atomic mass is 10.0. The van der Waals surface area contributed by atoms with Crippen LogP contribution in [0.5, 0.6) is 11.5 Å². The van der Waals surface area contributed by atoms with Crippen LogP contribution < -0.4 is 20.2 Å². The van der Waals surface area contributed by atoms with Crippen molar-refractivity contribution in [1.82, 2.24) is 10.7 Å². The van der Waals surface area contributed by atoms with Gasteiger partial charge in [-0.1, -0.05) is 26.0 Å². The van der Waals surface area contributed by atoms with Crippen molar-refractivity contribution in [2.45, 2.75) is 19.9 Å². The Labute approximate surface area is 182 Å². The van der Waals surface area contributed by atoms with Gasteiger partial charge in [0.15, 0.2) is 11.5 Å². The zero-order valence-electron chi connectivity index (χ0n) is 17.0. The van der Waals surface area contributed by atoms with Gasteiger partial charge in [-0.2, -0.15) is 5.10 Å². The Morgan fingerprint density at radius 1 is 1.17 bits per heavy atom. The van der Waals surface area contributed by atoms with Gasteiger partial charge in [0.05, 0.1) is 30.5 Å². The molecule has 0 aliphatic carbocycles. The summed E-state index contributed by atoms with van der Waals surface area (Å²) in [6, 6.07) is 8.12. The van der Waals surface area contributed by atoms with Crippen molar-refractivity contribution >= 4 is 34.0 Å². The molecule has 160 valence electrons. The summed E-state index contributed by atoms with van der Waals surface area (Å²) < 4.78 is 25.0. The zero-order valence-corrected chi connectivity index (χ0v) is 18.6. The molecule has 1 atom stereocenters. The smallest absolute Gasteiger partial charge is 0.262 e. The number of hydrazone groups is 1. The van der Waals surface area contributed by atoms with Crippen molar-refractivity contribution in [3.63, 3.8) is 0 Å². The highest BCUT2D eigenvalue weighted by molar-refractivity contribution is 9.10. The average Bonchev–Trinajstić information content (AvgIpc) is 2.71. The number of rotatable bonds is 8. The molecule has 2 rings (SSSR count). The van der Waals surface area contributed by atoms with Crippen LogP contribution in [0.3, 0.4) is 0 Å². The molecule has 2 amide bonds. The maximum atomic E-state index is 13.8. The van der Waals surface area contributed by atoms with E-state index in [1.54, 1.807) is 32.0 Å². The minimum atomic E-state index is -0.897. The molecule has 0 spiro atoms. The summed E-state index contributed by atoms with van der Waals surface area (Å²) in [5, 5.41) is 6.50. The second-order valence-electron chi connectivity index (χ2n) is 6.65. The third-order valence-corrected chi connectivity index (χ3v) is 4.79. The molecule has 0 heterocycles. The molecule has 0 fully saturated rings. The molecule has 0 saturated heterocycles. The fourth-order valence-corrected chi connectivity index (χ4v) is 3.27. The molecular formula is C21H23BrFN3O4. The van der Waals surface area contributed by atoms with Gasteiger partial charge >= 0.3 is 0 Å². The highest BCUT2D eigenvalue weighted by Crippen LogP contribution is 2.35. The number of amides is 2. The predicted molar refractivity (Wildman–Crippen MR) is 115 cm³/mol. The lowest BCUT2D eigenvalue weighted by Crippen LogP contribution is -2.48. The summed E-state index contributed by atoms with van der Waals surface area (Å²) in [5.74, 6) is -1.06. The molecular weight excluding hydrogens is 457 g/mol. The zero-order chi connectivity index (χ0) is 22.3. The van der Waals surface area contributed by atoms with E-state index in [-0.39, 0.29) is 11.5 Å². The van der Waals surface area contributed by atoms with Gasteiger partial charge in [-0.05, 0) is 51.7 Å². The van der Waals surface area contributed by atoms with Gasteiger partial charge < -0.3 is 14.8 Å². The summed E-state index contributed by atoms with van der Waals surface area (Å²) in [5.41, 5.74) is 2.92. The molecule has 0 radical (unpaired) electrons. The van der Waals surface area contributed by atoms with Crippen LogP contribution in [0, 0.1) is 11.7 Å². The number of nitrogens with one attached hydrogen (secondary N) is 2. The van der Waals surface area contributed by atoms with E-state index in [0.717, 1.165) is 0 Å². The molecule has 9 heteroatoms. The monoisotopic (exact) mass is 479 g/mol. The SMILES string of the molecule is COc1cc(C=NNC(=O)C(NC(=O)c2ccccc2F)C(C)C)cc(Br)c1OC. The summed E-state index contributed by atoms with van der Waals surface area (Å²) >= 11 is 3.39. The second kappa shape index (κ2) is 10.7. The summed E-state index contributed by atoms with van der Waals surface area (Å²) in [6.45, 7) is 3.53. The van der Waals surface area contributed by atoms with E-state index >= 15 is 0 Å². The number of carbonyl (C=O) groups is 2. The van der Waals surface area contributed by atoms with E-state index in [0.29, 0.717) is 21.5 Å². The van der Waals surface area contributed by atoms with Crippen molar-refractivity contribution in [3.05, 3.63) is 57.8 Å². The van der Waals surface area contributed by atoms with Crippen molar-refractivity contribution in [2.75, 3.05) is 14.2 Å². The Bertz CT molecular complexity index is 950. The molecule has 0 saturated carbocycles. The number of carbonyl (C=O) groups excluding carboxylic acids is 2. The minimum Gasteiger partial charge on any atom is -0.493 e. The van der Waals surface area contributed by atoms with Gasteiger partial charge in [-0.15, -0.1) is 0 Å². The number of benzene rings is 2. The molecule has 2 N–H and O–H groups in total. The average molecular weight is 480 g/mol. The quantitative estimate of drug-likeness (QED) is 0.447. The minimum absolute atomic E-state index is 0.130. The van der Waals surface area contributed by atoms with Crippen LogP contribution in [0.15, 0.2) is 46.0 Å². The molecule has 30 heavy (non-hydrogen) atoms. The van der Waals surface area contributed by atoms with Crippen LogP contribution in [0.1, 0.15) is 29.8 Å². The molecule has 1 unspecified atom stereocenters. The topological polar surface area (TPSA) is 89.0 Å². The number of halogens is 2. The second-order valence-corrected chi connectivity index (χ2v) is 7.50. The van der Waals surface area contributed by atoms with Gasteiger partial charge in [0.2, 0.25) is 0 Å². The van der Waals surface area contributed by atoms with Crippen molar-refractivity contribution < 1.29 is 23.5 Å². The van der Waals surface area contributed by atoms with Crippen molar-refractivity contribution in [3.8, 4) is 11.5 Å². The maximum absolute atomic E-state index is 13.8. The number of hydrogen-bond acceptors (Lipinski definition) is 5. The molecule has 0 aliphatic rings. The van der Waals surface area contributed by atoms with Gasteiger partial charge in [0.1, 0.15) is 11.9 Å². The third-order valence-electron chi connectivity index (χ3n) is 4.20. The molecule has 2 aromatic rings. The van der Waals surface area contributed by atoms with Crippen LogP contribution in [0.25, 0.3) is 0 Å². The summed E-state index contributed by atoms with van der Waals surface area (Å²) in [6.07, 6.45) is 1.43. The maximum Gasteiger partial charge on any atom is 0.262 e. The van der Waals surface area contributed by atoms with E-state index in [9.17, 15) is 14.0 Å². The van der Waals surface area contributed by atoms with Crippen molar-refractivity contribution in [1.29, 1.82) is 0 Å². The first-order valence-corrected chi connectivity index (χ1v) is 9.87. The first kappa shape index (κ1) is 23.3. The van der Waals surface area contributed by atoms with Gasteiger partial charge in [-0.3, -0.25) is 9.59 Å². The van der Waals surface area contributed by atoms with Crippen molar-refractivity contribution in [2.24, 2.45) is 11.0 Å². The van der Waals surface area contributed by atoms with E-state index in [4.69, 9.17) is 9.47 Å². The number of hydrogen-bond donors (Lipinski definition) is 2. The number of methoxy groups -OCH3 is 2. The lowest BCUT2D eigenvalue weighted by molar-refractivity contribution is -0.123. The van der Waals surface area contributed by atoms with Crippen LogP contribution in [-0.4, -0.2) is 38.3 Å². The molecule has 2 aromatic carbocycles. The summed E-state index contributed by atoms with van der Waals surface area (Å²) in [4.78, 5) is 24.9. The first-order valence-electron chi connectivity index (χ1n) is 9.08. The number of nitrogens with zero attached hydrogens (tertiary/aromatic N) is 1. The van der Waals surface area contributed by atoms with E-state index < -0.39 is 23.7 Å². The summed E-state index contributed by atoms with van der Waals surface area (Å²) in [7, 11) is 3.04. The normalized spacial score (nSPS) is 12.0. The Balaban J connectivity index is 2.10.